The number of rotatable bonds is 5. The van der Waals surface area contributed by atoms with E-state index in [0.29, 0.717) is 16.9 Å². The minimum atomic E-state index is -0.593. The average molecular weight is 363 g/mol. The lowest BCUT2D eigenvalue weighted by molar-refractivity contribution is 0.0420. The lowest BCUT2D eigenvalue weighted by Gasteiger charge is -2.13. The molecular weight excluding hydrogens is 350 g/mol. The minimum absolute atomic E-state index is 0.0114. The molecule has 0 unspecified atom stereocenters. The van der Waals surface area contributed by atoms with Crippen LogP contribution < -0.4 is 0 Å². The first-order valence-corrected chi connectivity index (χ1v) is 8.08. The summed E-state index contributed by atoms with van der Waals surface area (Å²) in [5, 5.41) is 3.94. The molecule has 0 N–H and O–H groups in total. The fraction of sp³-hybridized carbons (Fsp3) is 0.111. The molecule has 3 heterocycles. The van der Waals surface area contributed by atoms with Gasteiger partial charge in [0, 0.05) is 6.20 Å². The average Bonchev–Trinajstić information content (AvgIpc) is 3.32. The van der Waals surface area contributed by atoms with E-state index in [-0.39, 0.29) is 30.5 Å². The van der Waals surface area contributed by atoms with Crippen molar-refractivity contribution in [2.75, 3.05) is 13.2 Å². The Bertz CT molecular complexity index is 979. The van der Waals surface area contributed by atoms with Crippen LogP contribution in [0.5, 0.6) is 0 Å². The van der Waals surface area contributed by atoms with Crippen LogP contribution >= 0.6 is 0 Å². The largest absolute Gasteiger partial charge is 0.460 e. The summed E-state index contributed by atoms with van der Waals surface area (Å²) in [5.74, 6) is -0.852. The third-order valence-electron chi connectivity index (χ3n) is 4.06. The SMILES string of the molecule is O=C(OCCN1C(=O)c2ccccc2C1=O)c1ccc(-n2cncn2)nc1. The summed E-state index contributed by atoms with van der Waals surface area (Å²) in [6.07, 6.45) is 4.23. The highest BCUT2D eigenvalue weighted by molar-refractivity contribution is 6.21. The van der Waals surface area contributed by atoms with E-state index in [9.17, 15) is 14.4 Å². The summed E-state index contributed by atoms with van der Waals surface area (Å²) >= 11 is 0. The summed E-state index contributed by atoms with van der Waals surface area (Å²) < 4.78 is 6.61. The zero-order valence-corrected chi connectivity index (χ0v) is 14.0. The Balaban J connectivity index is 1.35. The topological polar surface area (TPSA) is 107 Å². The highest BCUT2D eigenvalue weighted by Gasteiger charge is 2.34. The molecule has 9 nitrogen and oxygen atoms in total. The molecule has 0 fully saturated rings. The maximum absolute atomic E-state index is 12.2. The number of hydrogen-bond acceptors (Lipinski definition) is 7. The number of ether oxygens (including phenoxy) is 1. The van der Waals surface area contributed by atoms with Gasteiger partial charge in [0.25, 0.3) is 11.8 Å². The predicted octanol–water partition coefficient (Wildman–Crippen LogP) is 1.12. The molecule has 0 saturated carbocycles. The fourth-order valence-corrected chi connectivity index (χ4v) is 2.72. The molecule has 1 aliphatic heterocycles. The third-order valence-corrected chi connectivity index (χ3v) is 4.06. The molecule has 0 spiro atoms. The molecule has 3 aromatic rings. The number of imide groups is 1. The van der Waals surface area contributed by atoms with Crippen molar-refractivity contribution in [3.05, 3.63) is 71.9 Å². The van der Waals surface area contributed by atoms with Crippen LogP contribution in [0.4, 0.5) is 0 Å². The van der Waals surface area contributed by atoms with Crippen LogP contribution in [-0.4, -0.2) is 55.6 Å². The van der Waals surface area contributed by atoms with Crippen LogP contribution in [0.1, 0.15) is 31.1 Å². The molecule has 0 radical (unpaired) electrons. The Morgan fingerprint density at radius 3 is 2.37 bits per heavy atom. The van der Waals surface area contributed by atoms with Gasteiger partial charge in [0.05, 0.1) is 23.2 Å². The van der Waals surface area contributed by atoms with Gasteiger partial charge in [-0.2, -0.15) is 5.10 Å². The monoisotopic (exact) mass is 363 g/mol. The lowest BCUT2D eigenvalue weighted by atomic mass is 10.1. The molecule has 9 heteroatoms. The second kappa shape index (κ2) is 6.79. The van der Waals surface area contributed by atoms with Gasteiger partial charge in [-0.25, -0.2) is 19.4 Å². The van der Waals surface area contributed by atoms with Crippen molar-refractivity contribution < 1.29 is 19.1 Å². The molecule has 0 bridgehead atoms. The molecule has 1 aliphatic rings. The molecule has 0 atom stereocenters. The van der Waals surface area contributed by atoms with Gasteiger partial charge in [-0.05, 0) is 24.3 Å². The van der Waals surface area contributed by atoms with E-state index in [1.165, 1.54) is 23.5 Å². The van der Waals surface area contributed by atoms with Crippen LogP contribution in [0.3, 0.4) is 0 Å². The van der Waals surface area contributed by atoms with Gasteiger partial charge in [-0.15, -0.1) is 0 Å². The van der Waals surface area contributed by atoms with Crippen molar-refractivity contribution in [1.82, 2.24) is 24.6 Å². The van der Waals surface area contributed by atoms with Crippen molar-refractivity contribution in [3.8, 4) is 5.82 Å². The smallest absolute Gasteiger partial charge is 0.339 e. The number of amides is 2. The number of aromatic nitrogens is 4. The van der Waals surface area contributed by atoms with Crippen LogP contribution in [0.15, 0.2) is 55.2 Å². The second-order valence-corrected chi connectivity index (χ2v) is 5.69. The van der Waals surface area contributed by atoms with Gasteiger partial charge >= 0.3 is 5.97 Å². The molecule has 2 aromatic heterocycles. The number of fused-ring (bicyclic) bond motifs is 1. The van der Waals surface area contributed by atoms with E-state index >= 15 is 0 Å². The quantitative estimate of drug-likeness (QED) is 0.494. The summed E-state index contributed by atoms with van der Waals surface area (Å²) in [5.41, 5.74) is 0.977. The maximum atomic E-state index is 12.2. The van der Waals surface area contributed by atoms with Crippen molar-refractivity contribution in [1.29, 1.82) is 0 Å². The zero-order valence-electron chi connectivity index (χ0n) is 14.0. The molecular formula is C18H13N5O4. The minimum Gasteiger partial charge on any atom is -0.460 e. The fourth-order valence-electron chi connectivity index (χ4n) is 2.72. The Morgan fingerprint density at radius 1 is 1.04 bits per heavy atom. The van der Waals surface area contributed by atoms with Gasteiger partial charge in [0.15, 0.2) is 5.82 Å². The second-order valence-electron chi connectivity index (χ2n) is 5.69. The molecule has 0 aliphatic carbocycles. The lowest BCUT2D eigenvalue weighted by Crippen LogP contribution is -2.33. The van der Waals surface area contributed by atoms with Crippen molar-refractivity contribution in [2.24, 2.45) is 0 Å². The number of hydrogen-bond donors (Lipinski definition) is 0. The van der Waals surface area contributed by atoms with E-state index in [2.05, 4.69) is 15.1 Å². The Morgan fingerprint density at radius 2 is 1.78 bits per heavy atom. The van der Waals surface area contributed by atoms with Gasteiger partial charge in [-0.3, -0.25) is 14.5 Å². The molecule has 2 amide bonds. The number of esters is 1. The van der Waals surface area contributed by atoms with Crippen molar-refractivity contribution >= 4 is 17.8 Å². The summed E-state index contributed by atoms with van der Waals surface area (Å²) in [7, 11) is 0. The molecule has 134 valence electrons. The van der Waals surface area contributed by atoms with Crippen LogP contribution in [0.2, 0.25) is 0 Å². The number of nitrogens with zero attached hydrogens (tertiary/aromatic N) is 5. The standard InChI is InChI=1S/C18H13N5O4/c24-16-13-3-1-2-4-14(13)17(25)22(16)7-8-27-18(26)12-5-6-15(20-9-12)23-11-19-10-21-23/h1-6,9-11H,7-8H2. The summed E-state index contributed by atoms with van der Waals surface area (Å²) in [6.45, 7) is -0.113. The number of carbonyl (C=O) groups excluding carboxylic acids is 3. The maximum Gasteiger partial charge on any atom is 0.339 e. The third kappa shape index (κ3) is 3.06. The van der Waals surface area contributed by atoms with Crippen molar-refractivity contribution in [2.45, 2.75) is 0 Å². The van der Waals surface area contributed by atoms with Gasteiger partial charge in [-0.1, -0.05) is 12.1 Å². The summed E-state index contributed by atoms with van der Waals surface area (Å²) in [4.78, 5) is 45.6. The molecule has 1 aromatic carbocycles. The van der Waals surface area contributed by atoms with Crippen LogP contribution in [-0.2, 0) is 4.74 Å². The van der Waals surface area contributed by atoms with Gasteiger partial charge < -0.3 is 4.74 Å². The van der Waals surface area contributed by atoms with Gasteiger partial charge in [0.1, 0.15) is 19.3 Å². The highest BCUT2D eigenvalue weighted by Crippen LogP contribution is 2.21. The van der Waals surface area contributed by atoms with E-state index < -0.39 is 5.97 Å². The number of pyridine rings is 1. The van der Waals surface area contributed by atoms with E-state index in [4.69, 9.17) is 4.74 Å². The van der Waals surface area contributed by atoms with Crippen LogP contribution in [0.25, 0.3) is 5.82 Å². The first kappa shape index (κ1) is 16.6. The van der Waals surface area contributed by atoms with E-state index in [0.717, 1.165) is 4.90 Å². The normalized spacial score (nSPS) is 13.0. The summed E-state index contributed by atoms with van der Waals surface area (Å²) in [6, 6.07) is 9.75. The number of benzene rings is 1. The molecule has 27 heavy (non-hydrogen) atoms. The number of carbonyl (C=O) groups is 3. The first-order valence-electron chi connectivity index (χ1n) is 8.08. The Labute approximate surface area is 153 Å². The Kier molecular flexibility index (Phi) is 4.17. The van der Waals surface area contributed by atoms with E-state index in [1.54, 1.807) is 36.4 Å². The molecule has 4 rings (SSSR count). The van der Waals surface area contributed by atoms with Crippen molar-refractivity contribution in [3.63, 3.8) is 0 Å². The zero-order chi connectivity index (χ0) is 18.8. The Hall–Kier alpha value is -3.88. The van der Waals surface area contributed by atoms with E-state index in [1.807, 2.05) is 0 Å². The highest BCUT2D eigenvalue weighted by atomic mass is 16.5. The predicted molar refractivity (Wildman–Crippen MR) is 91.2 cm³/mol. The first-order chi connectivity index (χ1) is 13.1. The van der Waals surface area contributed by atoms with Crippen LogP contribution in [0, 0.1) is 0 Å². The molecule has 0 saturated heterocycles. The van der Waals surface area contributed by atoms with Gasteiger partial charge in [0.2, 0.25) is 0 Å².